The van der Waals surface area contributed by atoms with E-state index in [9.17, 15) is 13.2 Å². The summed E-state index contributed by atoms with van der Waals surface area (Å²) in [6.45, 7) is 3.58. The zero-order valence-corrected chi connectivity index (χ0v) is 19.8. The number of benzene rings is 1. The van der Waals surface area contributed by atoms with Crippen LogP contribution in [0.15, 0.2) is 54.9 Å². The van der Waals surface area contributed by atoms with E-state index in [-0.39, 0.29) is 34.9 Å². The quantitative estimate of drug-likeness (QED) is 0.475. The summed E-state index contributed by atoms with van der Waals surface area (Å²) in [6.07, 6.45) is 5.12. The fourth-order valence-electron chi connectivity index (χ4n) is 3.58. The predicted molar refractivity (Wildman–Crippen MR) is 126 cm³/mol. The summed E-state index contributed by atoms with van der Waals surface area (Å²) in [7, 11) is -1.83. The summed E-state index contributed by atoms with van der Waals surface area (Å²) in [6, 6.07) is 13.3. The van der Waals surface area contributed by atoms with Crippen LogP contribution in [0.3, 0.4) is 0 Å². The lowest BCUT2D eigenvalue weighted by Crippen LogP contribution is -2.32. The summed E-state index contributed by atoms with van der Waals surface area (Å²) in [4.78, 5) is 26.1. The molecule has 8 heteroatoms. The van der Waals surface area contributed by atoms with Gasteiger partial charge in [-0.05, 0) is 49.4 Å². The second-order valence-electron chi connectivity index (χ2n) is 8.88. The number of hydrogen-bond acceptors (Lipinski definition) is 7. The van der Waals surface area contributed by atoms with Gasteiger partial charge >= 0.3 is 0 Å². The lowest BCUT2D eigenvalue weighted by atomic mass is 9.81. The highest BCUT2D eigenvalue weighted by Gasteiger charge is 2.37. The number of nitrogens with zero attached hydrogens (tertiary/aromatic N) is 3. The van der Waals surface area contributed by atoms with Crippen LogP contribution in [-0.2, 0) is 32.2 Å². The zero-order valence-electron chi connectivity index (χ0n) is 19.0. The number of ether oxygens (including phenoxy) is 1. The minimum atomic E-state index is -3.29. The first-order valence-electron chi connectivity index (χ1n) is 10.9. The number of aromatic nitrogens is 3. The number of pyridine rings is 1. The van der Waals surface area contributed by atoms with Gasteiger partial charge in [0.25, 0.3) is 0 Å². The van der Waals surface area contributed by atoms with Crippen molar-refractivity contribution in [2.45, 2.75) is 49.5 Å². The van der Waals surface area contributed by atoms with E-state index in [2.05, 4.69) is 15.0 Å². The molecule has 0 amide bonds. The van der Waals surface area contributed by atoms with Gasteiger partial charge < -0.3 is 4.74 Å². The molecule has 1 saturated carbocycles. The molecule has 0 radical (unpaired) electrons. The van der Waals surface area contributed by atoms with Crippen molar-refractivity contribution < 1.29 is 17.9 Å². The van der Waals surface area contributed by atoms with E-state index >= 15 is 0 Å². The van der Waals surface area contributed by atoms with Crippen molar-refractivity contribution in [2.75, 3.05) is 7.11 Å². The van der Waals surface area contributed by atoms with Gasteiger partial charge in [-0.25, -0.2) is 13.4 Å². The third-order valence-electron chi connectivity index (χ3n) is 5.97. The average molecular weight is 466 g/mol. The molecule has 2 aromatic heterocycles. The number of sulfone groups is 1. The van der Waals surface area contributed by atoms with Crippen molar-refractivity contribution in [2.24, 2.45) is 0 Å². The topological polar surface area (TPSA) is 99.1 Å². The van der Waals surface area contributed by atoms with Gasteiger partial charge in [0.1, 0.15) is 17.4 Å². The molecule has 172 valence electrons. The maximum Gasteiger partial charge on any atom is 0.216 e. The molecule has 0 atom stereocenters. The molecule has 0 N–H and O–H groups in total. The lowest BCUT2D eigenvalue weighted by Gasteiger charge is -2.23. The highest BCUT2D eigenvalue weighted by atomic mass is 32.2. The normalized spacial score (nSPS) is 14.2. The minimum absolute atomic E-state index is 0.0339. The number of ketones is 1. The van der Waals surface area contributed by atoms with Gasteiger partial charge in [0, 0.05) is 24.9 Å². The average Bonchev–Trinajstić information content (AvgIpc) is 3.66. The monoisotopic (exact) mass is 465 g/mol. The fraction of sp³-hybridized carbons (Fsp3) is 0.360. The van der Waals surface area contributed by atoms with Gasteiger partial charge in [-0.3, -0.25) is 9.78 Å². The van der Waals surface area contributed by atoms with E-state index in [0.717, 1.165) is 16.7 Å². The molecule has 33 heavy (non-hydrogen) atoms. The van der Waals surface area contributed by atoms with Crippen LogP contribution in [-0.4, -0.2) is 41.5 Å². The van der Waals surface area contributed by atoms with Crippen molar-refractivity contribution in [1.29, 1.82) is 0 Å². The van der Waals surface area contributed by atoms with E-state index in [0.29, 0.717) is 18.5 Å². The number of carbonyl (C=O) groups excluding carboxylic acids is 1. The maximum atomic E-state index is 13.3. The Morgan fingerprint density at radius 2 is 1.82 bits per heavy atom. The molecule has 0 spiro atoms. The van der Waals surface area contributed by atoms with E-state index in [1.807, 2.05) is 36.4 Å². The molecule has 0 saturated heterocycles. The molecule has 0 bridgehead atoms. The van der Waals surface area contributed by atoms with Crippen LogP contribution >= 0.6 is 0 Å². The smallest absolute Gasteiger partial charge is 0.216 e. The molecule has 1 aromatic carbocycles. The Morgan fingerprint density at radius 3 is 2.42 bits per heavy atom. The van der Waals surface area contributed by atoms with Gasteiger partial charge in [0.05, 0.1) is 23.5 Å². The Hall–Kier alpha value is -3.13. The Balaban J connectivity index is 1.54. The Kier molecular flexibility index (Phi) is 6.30. The third-order valence-corrected chi connectivity index (χ3v) is 8.12. The van der Waals surface area contributed by atoms with Gasteiger partial charge in [-0.1, -0.05) is 30.3 Å². The molecule has 4 rings (SSSR count). The van der Waals surface area contributed by atoms with Crippen molar-refractivity contribution in [3.05, 3.63) is 71.9 Å². The first-order chi connectivity index (χ1) is 15.7. The molecular formula is C25H27N3O4S. The van der Waals surface area contributed by atoms with Crippen molar-refractivity contribution in [3.63, 3.8) is 0 Å². The van der Waals surface area contributed by atoms with Gasteiger partial charge in [0.2, 0.25) is 5.88 Å². The van der Waals surface area contributed by atoms with Crippen LogP contribution in [0, 0.1) is 0 Å². The number of rotatable bonds is 9. The molecule has 7 nitrogen and oxygen atoms in total. The molecule has 0 unspecified atom stereocenters. The Bertz CT molecular complexity index is 1250. The van der Waals surface area contributed by atoms with Crippen molar-refractivity contribution in [1.82, 2.24) is 15.0 Å². The standard InChI is InChI=1S/C25H27N3O4S/c1-25(2,21-14-24(32-3)28-23(27-21)16-33(30,31)20-10-11-20)22(29)13-17-6-8-18(9-7-17)19-5-4-12-26-15-19/h4-9,12,14-15,20H,10-11,13,16H2,1-3H3. The zero-order chi connectivity index (χ0) is 23.6. The molecular weight excluding hydrogens is 438 g/mol. The second kappa shape index (κ2) is 9.02. The Labute approximate surface area is 194 Å². The highest BCUT2D eigenvalue weighted by Crippen LogP contribution is 2.32. The first-order valence-corrected chi connectivity index (χ1v) is 12.6. The van der Waals surface area contributed by atoms with Gasteiger partial charge in [-0.2, -0.15) is 4.98 Å². The summed E-state index contributed by atoms with van der Waals surface area (Å²) in [5.74, 6) is 0.135. The molecule has 0 aliphatic heterocycles. The van der Waals surface area contributed by atoms with Crippen molar-refractivity contribution in [3.8, 4) is 17.0 Å². The van der Waals surface area contributed by atoms with Gasteiger partial charge in [0.15, 0.2) is 9.84 Å². The largest absolute Gasteiger partial charge is 0.481 e. The van der Waals surface area contributed by atoms with E-state index < -0.39 is 15.3 Å². The van der Waals surface area contributed by atoms with Crippen LogP contribution < -0.4 is 4.74 Å². The number of Topliss-reactive ketones (excluding diaryl/α,β-unsaturated/α-hetero) is 1. The maximum absolute atomic E-state index is 13.3. The number of hydrogen-bond donors (Lipinski definition) is 0. The van der Waals surface area contributed by atoms with Crippen LogP contribution in [0.5, 0.6) is 5.88 Å². The van der Waals surface area contributed by atoms with Crippen molar-refractivity contribution >= 4 is 15.6 Å². The van der Waals surface area contributed by atoms with E-state index in [1.165, 1.54) is 7.11 Å². The van der Waals surface area contributed by atoms with Crippen LogP contribution in [0.2, 0.25) is 0 Å². The summed E-state index contributed by atoms with van der Waals surface area (Å²) >= 11 is 0. The summed E-state index contributed by atoms with van der Waals surface area (Å²) in [5, 5.41) is -0.306. The number of carbonyl (C=O) groups is 1. The Morgan fingerprint density at radius 1 is 1.09 bits per heavy atom. The first kappa shape index (κ1) is 23.0. The van der Waals surface area contributed by atoms with Crippen LogP contribution in [0.25, 0.3) is 11.1 Å². The van der Waals surface area contributed by atoms with Crippen LogP contribution in [0.1, 0.15) is 43.8 Å². The number of methoxy groups -OCH3 is 1. The minimum Gasteiger partial charge on any atom is -0.481 e. The summed E-state index contributed by atoms with van der Waals surface area (Å²) in [5.41, 5.74) is 2.43. The molecule has 1 aliphatic rings. The van der Waals surface area contributed by atoms with Gasteiger partial charge in [-0.15, -0.1) is 0 Å². The molecule has 3 aromatic rings. The second-order valence-corrected chi connectivity index (χ2v) is 11.2. The fourth-order valence-corrected chi connectivity index (χ4v) is 5.16. The van der Waals surface area contributed by atoms with Crippen LogP contribution in [0.4, 0.5) is 0 Å². The molecule has 1 fully saturated rings. The lowest BCUT2D eigenvalue weighted by molar-refractivity contribution is -0.122. The van der Waals surface area contributed by atoms with E-state index in [4.69, 9.17) is 4.74 Å². The SMILES string of the molecule is COc1cc(C(C)(C)C(=O)Cc2ccc(-c3cccnc3)cc2)nc(CS(=O)(=O)C2CC2)n1. The predicted octanol–water partition coefficient (Wildman–Crippen LogP) is 3.71. The molecule has 1 aliphatic carbocycles. The third kappa shape index (κ3) is 5.27. The van der Waals surface area contributed by atoms with E-state index in [1.54, 1.807) is 32.3 Å². The summed E-state index contributed by atoms with van der Waals surface area (Å²) < 4.78 is 30.1. The highest BCUT2D eigenvalue weighted by molar-refractivity contribution is 7.91. The molecule has 2 heterocycles.